The summed E-state index contributed by atoms with van der Waals surface area (Å²) < 4.78 is 11.0. The first-order valence-corrected chi connectivity index (χ1v) is 6.55. The summed E-state index contributed by atoms with van der Waals surface area (Å²) >= 11 is 0. The Morgan fingerprint density at radius 3 is 2.32 bits per heavy atom. The van der Waals surface area contributed by atoms with E-state index in [1.807, 2.05) is 13.8 Å². The van der Waals surface area contributed by atoms with Crippen molar-refractivity contribution in [1.29, 1.82) is 0 Å². The predicted octanol–water partition coefficient (Wildman–Crippen LogP) is 2.10. The van der Waals surface area contributed by atoms with Gasteiger partial charge in [0.15, 0.2) is 0 Å². The van der Waals surface area contributed by atoms with Crippen LogP contribution in [0, 0.1) is 13.8 Å². The lowest BCUT2D eigenvalue weighted by atomic mass is 10.0. The lowest BCUT2D eigenvalue weighted by Gasteiger charge is -2.22. The molecule has 0 aliphatic rings. The summed E-state index contributed by atoms with van der Waals surface area (Å²) in [7, 11) is 5.47. The second-order valence-electron chi connectivity index (χ2n) is 5.20. The standard InChI is InChI=1S/C15H26N2O2/c1-10(16)8-17(4)9-13-7-14(18-5)11(2)12(3)15(13)19-6/h7,10H,8-9,16H2,1-6H3. The summed E-state index contributed by atoms with van der Waals surface area (Å²) in [5, 5.41) is 0. The van der Waals surface area contributed by atoms with Gasteiger partial charge in [0.1, 0.15) is 11.5 Å². The van der Waals surface area contributed by atoms with Crippen LogP contribution in [0.2, 0.25) is 0 Å². The van der Waals surface area contributed by atoms with Gasteiger partial charge in [-0.15, -0.1) is 0 Å². The Balaban J connectivity index is 3.08. The maximum absolute atomic E-state index is 5.83. The molecule has 19 heavy (non-hydrogen) atoms. The summed E-state index contributed by atoms with van der Waals surface area (Å²) in [6.45, 7) is 7.76. The summed E-state index contributed by atoms with van der Waals surface area (Å²) in [6, 6.07) is 2.21. The number of nitrogens with two attached hydrogens (primary N) is 1. The molecule has 0 radical (unpaired) electrons. The molecular formula is C15H26N2O2. The Labute approximate surface area is 116 Å². The van der Waals surface area contributed by atoms with Crippen LogP contribution in [0.3, 0.4) is 0 Å². The maximum atomic E-state index is 5.83. The first-order chi connectivity index (χ1) is 8.90. The summed E-state index contributed by atoms with van der Waals surface area (Å²) in [5.41, 5.74) is 9.21. The Morgan fingerprint density at radius 2 is 1.84 bits per heavy atom. The quantitative estimate of drug-likeness (QED) is 0.856. The number of likely N-dealkylation sites (N-methyl/N-ethyl adjacent to an activating group) is 1. The highest BCUT2D eigenvalue weighted by Crippen LogP contribution is 2.33. The van der Waals surface area contributed by atoms with E-state index in [1.165, 1.54) is 0 Å². The summed E-state index contributed by atoms with van der Waals surface area (Å²) in [5.74, 6) is 1.84. The lowest BCUT2D eigenvalue weighted by Crippen LogP contribution is -2.32. The van der Waals surface area contributed by atoms with E-state index in [-0.39, 0.29) is 6.04 Å². The van der Waals surface area contributed by atoms with E-state index in [1.54, 1.807) is 14.2 Å². The molecule has 1 atom stereocenters. The Morgan fingerprint density at radius 1 is 1.21 bits per heavy atom. The zero-order valence-electron chi connectivity index (χ0n) is 12.9. The molecule has 1 rings (SSSR count). The van der Waals surface area contributed by atoms with Crippen LogP contribution < -0.4 is 15.2 Å². The van der Waals surface area contributed by atoms with E-state index in [4.69, 9.17) is 15.2 Å². The highest BCUT2D eigenvalue weighted by atomic mass is 16.5. The molecule has 0 saturated carbocycles. The summed E-state index contributed by atoms with van der Waals surface area (Å²) in [6.07, 6.45) is 0. The number of ether oxygens (including phenoxy) is 2. The normalized spacial score (nSPS) is 12.6. The average Bonchev–Trinajstić information content (AvgIpc) is 2.33. The first kappa shape index (κ1) is 15.8. The van der Waals surface area contributed by atoms with Crippen LogP contribution >= 0.6 is 0 Å². The molecule has 4 nitrogen and oxygen atoms in total. The first-order valence-electron chi connectivity index (χ1n) is 6.55. The van der Waals surface area contributed by atoms with Crippen molar-refractivity contribution in [2.24, 2.45) is 5.73 Å². The third-order valence-corrected chi connectivity index (χ3v) is 3.33. The number of benzene rings is 1. The van der Waals surface area contributed by atoms with E-state index >= 15 is 0 Å². The van der Waals surface area contributed by atoms with Gasteiger partial charge in [-0.05, 0) is 45.0 Å². The fourth-order valence-electron chi connectivity index (χ4n) is 2.39. The van der Waals surface area contributed by atoms with Gasteiger partial charge in [-0.3, -0.25) is 0 Å². The zero-order chi connectivity index (χ0) is 14.6. The van der Waals surface area contributed by atoms with Crippen molar-refractivity contribution < 1.29 is 9.47 Å². The molecule has 2 N–H and O–H groups in total. The molecule has 0 aliphatic carbocycles. The fourth-order valence-corrected chi connectivity index (χ4v) is 2.39. The Bertz CT molecular complexity index is 431. The van der Waals surface area contributed by atoms with E-state index in [9.17, 15) is 0 Å². The van der Waals surface area contributed by atoms with Crippen LogP contribution in [0.1, 0.15) is 23.6 Å². The molecule has 0 fully saturated rings. The molecule has 0 spiro atoms. The Kier molecular flexibility index (Phi) is 5.63. The van der Waals surface area contributed by atoms with Gasteiger partial charge >= 0.3 is 0 Å². The smallest absolute Gasteiger partial charge is 0.126 e. The minimum absolute atomic E-state index is 0.157. The molecule has 0 amide bonds. The van der Waals surface area contributed by atoms with Crippen molar-refractivity contribution in [3.63, 3.8) is 0 Å². The van der Waals surface area contributed by atoms with Crippen LogP contribution in [-0.2, 0) is 6.54 Å². The minimum Gasteiger partial charge on any atom is -0.496 e. The van der Waals surface area contributed by atoms with Gasteiger partial charge in [0.25, 0.3) is 0 Å². The number of rotatable bonds is 6. The third kappa shape index (κ3) is 3.85. The van der Waals surface area contributed by atoms with E-state index < -0.39 is 0 Å². The number of nitrogens with zero attached hydrogens (tertiary/aromatic N) is 1. The molecule has 0 bridgehead atoms. The third-order valence-electron chi connectivity index (χ3n) is 3.33. The molecule has 108 valence electrons. The van der Waals surface area contributed by atoms with Crippen molar-refractivity contribution >= 4 is 0 Å². The second kappa shape index (κ2) is 6.78. The highest BCUT2D eigenvalue weighted by Gasteiger charge is 2.15. The number of hydrogen-bond donors (Lipinski definition) is 1. The average molecular weight is 266 g/mol. The van der Waals surface area contributed by atoms with Gasteiger partial charge in [-0.1, -0.05) is 0 Å². The van der Waals surface area contributed by atoms with Crippen LogP contribution in [0.4, 0.5) is 0 Å². The minimum atomic E-state index is 0.157. The van der Waals surface area contributed by atoms with Crippen LogP contribution in [-0.4, -0.2) is 38.8 Å². The van der Waals surface area contributed by atoms with Gasteiger partial charge in [0.2, 0.25) is 0 Å². The molecule has 4 heteroatoms. The van der Waals surface area contributed by atoms with Crippen LogP contribution in [0.15, 0.2) is 6.07 Å². The van der Waals surface area contributed by atoms with Crippen molar-refractivity contribution in [2.75, 3.05) is 27.8 Å². The van der Waals surface area contributed by atoms with E-state index in [0.29, 0.717) is 0 Å². The van der Waals surface area contributed by atoms with Gasteiger partial charge in [-0.2, -0.15) is 0 Å². The Hall–Kier alpha value is -1.26. The molecule has 1 aromatic carbocycles. The fraction of sp³-hybridized carbons (Fsp3) is 0.600. The van der Waals surface area contributed by atoms with Gasteiger partial charge in [-0.25, -0.2) is 0 Å². The molecule has 1 unspecified atom stereocenters. The molecule has 0 aromatic heterocycles. The SMILES string of the molecule is COc1cc(CN(C)CC(C)N)c(OC)c(C)c1C. The highest BCUT2D eigenvalue weighted by molar-refractivity contribution is 5.52. The number of methoxy groups -OCH3 is 2. The number of hydrogen-bond acceptors (Lipinski definition) is 4. The van der Waals surface area contributed by atoms with Crippen molar-refractivity contribution in [3.8, 4) is 11.5 Å². The summed E-state index contributed by atoms with van der Waals surface area (Å²) in [4.78, 5) is 2.19. The largest absolute Gasteiger partial charge is 0.496 e. The maximum Gasteiger partial charge on any atom is 0.126 e. The monoisotopic (exact) mass is 266 g/mol. The molecule has 0 heterocycles. The molecule has 0 saturated heterocycles. The van der Waals surface area contributed by atoms with Gasteiger partial charge < -0.3 is 20.1 Å². The van der Waals surface area contributed by atoms with Crippen molar-refractivity contribution in [3.05, 3.63) is 22.8 Å². The van der Waals surface area contributed by atoms with Gasteiger partial charge in [0, 0.05) is 24.7 Å². The van der Waals surface area contributed by atoms with E-state index in [0.717, 1.165) is 41.3 Å². The van der Waals surface area contributed by atoms with E-state index in [2.05, 4.69) is 24.9 Å². The molecule has 0 aliphatic heterocycles. The van der Waals surface area contributed by atoms with Gasteiger partial charge in [0.05, 0.1) is 14.2 Å². The van der Waals surface area contributed by atoms with Crippen LogP contribution in [0.5, 0.6) is 11.5 Å². The molecule has 1 aromatic rings. The topological polar surface area (TPSA) is 47.7 Å². The van der Waals surface area contributed by atoms with Crippen molar-refractivity contribution in [1.82, 2.24) is 4.90 Å². The zero-order valence-corrected chi connectivity index (χ0v) is 12.9. The second-order valence-corrected chi connectivity index (χ2v) is 5.20. The van der Waals surface area contributed by atoms with Crippen molar-refractivity contribution in [2.45, 2.75) is 33.4 Å². The van der Waals surface area contributed by atoms with Crippen LogP contribution in [0.25, 0.3) is 0 Å². The predicted molar refractivity (Wildman–Crippen MR) is 79.0 cm³/mol. The lowest BCUT2D eigenvalue weighted by molar-refractivity contribution is 0.301. The molecular weight excluding hydrogens is 240 g/mol.